The van der Waals surface area contributed by atoms with Crippen LogP contribution in [0.1, 0.15) is 52.4 Å². The van der Waals surface area contributed by atoms with Crippen molar-refractivity contribution in [2.45, 2.75) is 52.4 Å². The van der Waals surface area contributed by atoms with Gasteiger partial charge in [0.1, 0.15) is 0 Å². The van der Waals surface area contributed by atoms with Crippen LogP contribution in [0.4, 0.5) is 0 Å². The molecule has 0 aliphatic carbocycles. The van der Waals surface area contributed by atoms with Gasteiger partial charge in [-0.05, 0) is 0 Å². The Morgan fingerprint density at radius 3 is 2.10 bits per heavy atom. The van der Waals surface area contributed by atoms with Gasteiger partial charge >= 0.3 is 18.9 Å². The van der Waals surface area contributed by atoms with Gasteiger partial charge < -0.3 is 6.42 Å². The van der Waals surface area contributed by atoms with Crippen LogP contribution in [0.5, 0.6) is 0 Å². The van der Waals surface area contributed by atoms with E-state index in [0.717, 1.165) is 0 Å². The standard InChI is InChI=1S/C9H19.Li/c1-3-5-7-9-8-6-4-2;/h3H,4-9H2,1-2H3;/q-1;+1. The second-order valence-electron chi connectivity index (χ2n) is 2.61. The SMILES string of the molecule is C[CH-]CCCCCCC.[Li+]. The Morgan fingerprint density at radius 2 is 1.60 bits per heavy atom. The molecular formula is C9H19Li. The Labute approximate surface area is 78.0 Å². The topological polar surface area (TPSA) is 0 Å². The summed E-state index contributed by atoms with van der Waals surface area (Å²) in [5, 5.41) is 0. The molecule has 56 valence electrons. The summed E-state index contributed by atoms with van der Waals surface area (Å²) in [6.07, 6.45) is 10.6. The molecule has 0 atom stereocenters. The Balaban J connectivity index is 0. The van der Waals surface area contributed by atoms with Crippen molar-refractivity contribution in [3.8, 4) is 0 Å². The molecule has 1 heteroatoms. The molecule has 0 bridgehead atoms. The second kappa shape index (κ2) is 12.3. The summed E-state index contributed by atoms with van der Waals surface area (Å²) in [5.74, 6) is 0. The number of unbranched alkanes of at least 4 members (excludes halogenated alkanes) is 6. The van der Waals surface area contributed by atoms with Crippen LogP contribution in [0.25, 0.3) is 0 Å². The van der Waals surface area contributed by atoms with E-state index in [-0.39, 0.29) is 18.9 Å². The van der Waals surface area contributed by atoms with Gasteiger partial charge in [-0.15, -0.1) is 0 Å². The van der Waals surface area contributed by atoms with Gasteiger partial charge in [0.2, 0.25) is 0 Å². The maximum atomic E-state index is 2.26. The predicted molar refractivity (Wildman–Crippen MR) is 43.4 cm³/mol. The summed E-state index contributed by atoms with van der Waals surface area (Å²) in [7, 11) is 0. The minimum atomic E-state index is 0. The zero-order chi connectivity index (χ0) is 6.95. The van der Waals surface area contributed by atoms with Crippen molar-refractivity contribution >= 4 is 0 Å². The maximum absolute atomic E-state index is 2.26. The molecular weight excluding hydrogens is 115 g/mol. The van der Waals surface area contributed by atoms with Crippen molar-refractivity contribution in [3.63, 3.8) is 0 Å². The van der Waals surface area contributed by atoms with Crippen molar-refractivity contribution in [3.05, 3.63) is 6.42 Å². The average Bonchev–Trinajstić information content (AvgIpc) is 1.89. The van der Waals surface area contributed by atoms with Crippen molar-refractivity contribution in [2.75, 3.05) is 0 Å². The molecule has 10 heavy (non-hydrogen) atoms. The maximum Gasteiger partial charge on any atom is 1.00 e. The largest absolute Gasteiger partial charge is 1.00 e. The first-order valence-electron chi connectivity index (χ1n) is 4.19. The fourth-order valence-corrected chi connectivity index (χ4v) is 0.952. The Hall–Kier alpha value is 0.597. The van der Waals surface area contributed by atoms with E-state index >= 15 is 0 Å². The normalized spacial score (nSPS) is 9.00. The van der Waals surface area contributed by atoms with E-state index in [1.807, 2.05) is 0 Å². The van der Waals surface area contributed by atoms with Crippen LogP contribution in [0.15, 0.2) is 0 Å². The quantitative estimate of drug-likeness (QED) is 0.283. The summed E-state index contributed by atoms with van der Waals surface area (Å²) in [6.45, 7) is 4.39. The predicted octanol–water partition coefficient (Wildman–Crippen LogP) is 0.575. The Morgan fingerprint density at radius 1 is 1.00 bits per heavy atom. The summed E-state index contributed by atoms with van der Waals surface area (Å²) in [6, 6.07) is 0. The van der Waals surface area contributed by atoms with E-state index in [2.05, 4.69) is 20.3 Å². The van der Waals surface area contributed by atoms with E-state index < -0.39 is 0 Å². The molecule has 0 rings (SSSR count). The molecule has 0 radical (unpaired) electrons. The van der Waals surface area contributed by atoms with E-state index in [1.165, 1.54) is 38.5 Å². The molecule has 0 aromatic heterocycles. The van der Waals surface area contributed by atoms with Gasteiger partial charge in [0, 0.05) is 0 Å². The first-order valence-corrected chi connectivity index (χ1v) is 4.19. The summed E-state index contributed by atoms with van der Waals surface area (Å²) in [5.41, 5.74) is 0. The fourth-order valence-electron chi connectivity index (χ4n) is 0.952. The van der Waals surface area contributed by atoms with Crippen LogP contribution in [0.3, 0.4) is 0 Å². The minimum Gasteiger partial charge on any atom is -0.332 e. The first kappa shape index (κ1) is 13.2. The molecule has 0 aliphatic heterocycles. The zero-order valence-corrected chi connectivity index (χ0v) is 7.82. The molecule has 0 N–H and O–H groups in total. The van der Waals surface area contributed by atoms with Gasteiger partial charge in [-0.2, -0.15) is 13.3 Å². The molecule has 0 unspecified atom stereocenters. The minimum absolute atomic E-state index is 0. The molecule has 0 aromatic rings. The smallest absolute Gasteiger partial charge is 0.332 e. The van der Waals surface area contributed by atoms with Gasteiger partial charge in [-0.1, -0.05) is 39.0 Å². The van der Waals surface area contributed by atoms with Crippen molar-refractivity contribution in [1.82, 2.24) is 0 Å². The van der Waals surface area contributed by atoms with Crippen molar-refractivity contribution in [1.29, 1.82) is 0 Å². The number of hydrogen-bond donors (Lipinski definition) is 0. The third kappa shape index (κ3) is 11.4. The number of hydrogen-bond acceptors (Lipinski definition) is 0. The van der Waals surface area contributed by atoms with Crippen molar-refractivity contribution < 1.29 is 18.9 Å². The molecule has 0 amide bonds. The van der Waals surface area contributed by atoms with Crippen LogP contribution in [-0.2, 0) is 0 Å². The molecule has 0 nitrogen and oxygen atoms in total. The fraction of sp³-hybridized carbons (Fsp3) is 0.889. The van der Waals surface area contributed by atoms with E-state index in [0.29, 0.717) is 0 Å². The Bertz CT molecular complexity index is 38.0. The van der Waals surface area contributed by atoms with E-state index in [9.17, 15) is 0 Å². The molecule has 0 aromatic carbocycles. The van der Waals surface area contributed by atoms with Gasteiger partial charge in [-0.3, -0.25) is 0 Å². The summed E-state index contributed by atoms with van der Waals surface area (Å²) in [4.78, 5) is 0. The van der Waals surface area contributed by atoms with E-state index in [1.54, 1.807) is 0 Å². The van der Waals surface area contributed by atoms with Crippen LogP contribution in [-0.4, -0.2) is 0 Å². The summed E-state index contributed by atoms with van der Waals surface area (Å²) < 4.78 is 0. The van der Waals surface area contributed by atoms with Gasteiger partial charge in [0.15, 0.2) is 0 Å². The van der Waals surface area contributed by atoms with Crippen LogP contribution < -0.4 is 18.9 Å². The van der Waals surface area contributed by atoms with Crippen LogP contribution in [0.2, 0.25) is 0 Å². The molecule has 0 heterocycles. The number of rotatable bonds is 6. The third-order valence-electron chi connectivity index (χ3n) is 1.60. The van der Waals surface area contributed by atoms with Crippen LogP contribution >= 0.6 is 0 Å². The zero-order valence-electron chi connectivity index (χ0n) is 7.82. The van der Waals surface area contributed by atoms with Crippen LogP contribution in [0, 0.1) is 6.42 Å². The molecule has 0 aliphatic rings. The van der Waals surface area contributed by atoms with Gasteiger partial charge in [-0.25, -0.2) is 0 Å². The molecule has 0 saturated carbocycles. The average molecular weight is 134 g/mol. The summed E-state index contributed by atoms with van der Waals surface area (Å²) >= 11 is 0. The van der Waals surface area contributed by atoms with Gasteiger partial charge in [0.25, 0.3) is 0 Å². The third-order valence-corrected chi connectivity index (χ3v) is 1.60. The van der Waals surface area contributed by atoms with Gasteiger partial charge in [0.05, 0.1) is 0 Å². The monoisotopic (exact) mass is 134 g/mol. The molecule has 0 saturated heterocycles. The molecule has 0 fully saturated rings. The first-order chi connectivity index (χ1) is 4.41. The Kier molecular flexibility index (Phi) is 16.2. The van der Waals surface area contributed by atoms with Crippen molar-refractivity contribution in [2.24, 2.45) is 0 Å². The van der Waals surface area contributed by atoms with E-state index in [4.69, 9.17) is 0 Å². The second-order valence-corrected chi connectivity index (χ2v) is 2.61. The molecule has 0 spiro atoms.